The Kier molecular flexibility index (Phi) is 3.28. The second-order valence-corrected chi connectivity index (χ2v) is 3.64. The zero-order chi connectivity index (χ0) is 9.84. The Morgan fingerprint density at radius 3 is 2.31 bits per heavy atom. The van der Waals surface area contributed by atoms with Crippen molar-refractivity contribution in [2.75, 3.05) is 27.2 Å². The van der Waals surface area contributed by atoms with E-state index in [0.29, 0.717) is 13.1 Å². The summed E-state index contributed by atoms with van der Waals surface area (Å²) in [7, 11) is 3.49. The van der Waals surface area contributed by atoms with Gasteiger partial charge in [0.1, 0.15) is 6.29 Å². The van der Waals surface area contributed by atoms with Gasteiger partial charge in [0.25, 0.3) is 0 Å². The lowest BCUT2D eigenvalue weighted by Gasteiger charge is -2.31. The Hall–Kier alpha value is -1.06. The van der Waals surface area contributed by atoms with Crippen LogP contribution in [0.2, 0.25) is 0 Å². The largest absolute Gasteiger partial charge is 0.331 e. The number of carbonyl (C=O) groups is 2. The highest BCUT2D eigenvalue weighted by Gasteiger charge is 2.22. The summed E-state index contributed by atoms with van der Waals surface area (Å²) in [6.07, 6.45) is 2.61. The third kappa shape index (κ3) is 2.44. The summed E-state index contributed by atoms with van der Waals surface area (Å²) < 4.78 is 0. The zero-order valence-corrected chi connectivity index (χ0v) is 8.19. The minimum Gasteiger partial charge on any atom is -0.331 e. The molecule has 0 saturated carbocycles. The van der Waals surface area contributed by atoms with Crippen LogP contribution in [-0.4, -0.2) is 49.3 Å². The van der Waals surface area contributed by atoms with E-state index in [1.807, 2.05) is 0 Å². The minimum absolute atomic E-state index is 0.0457. The van der Waals surface area contributed by atoms with E-state index in [9.17, 15) is 9.59 Å². The fourth-order valence-electron chi connectivity index (χ4n) is 1.51. The van der Waals surface area contributed by atoms with Crippen molar-refractivity contribution in [1.29, 1.82) is 0 Å². The summed E-state index contributed by atoms with van der Waals surface area (Å²) >= 11 is 0. The molecular formula is C9H16N2O2. The Labute approximate surface area is 78.5 Å². The van der Waals surface area contributed by atoms with Gasteiger partial charge in [-0.3, -0.25) is 0 Å². The van der Waals surface area contributed by atoms with Crippen LogP contribution in [0.1, 0.15) is 12.8 Å². The summed E-state index contributed by atoms with van der Waals surface area (Å²) in [5, 5.41) is 0. The van der Waals surface area contributed by atoms with Gasteiger partial charge in [0.15, 0.2) is 0 Å². The van der Waals surface area contributed by atoms with Crippen LogP contribution in [0.25, 0.3) is 0 Å². The molecule has 4 heteroatoms. The van der Waals surface area contributed by atoms with Gasteiger partial charge in [0.05, 0.1) is 0 Å². The molecule has 1 aliphatic rings. The van der Waals surface area contributed by atoms with Crippen molar-refractivity contribution in [2.24, 2.45) is 5.92 Å². The molecule has 0 aromatic rings. The van der Waals surface area contributed by atoms with Crippen LogP contribution in [-0.2, 0) is 4.79 Å². The Bertz CT molecular complexity index is 196. The van der Waals surface area contributed by atoms with Gasteiger partial charge in [-0.25, -0.2) is 4.79 Å². The Balaban J connectivity index is 2.40. The van der Waals surface area contributed by atoms with Crippen molar-refractivity contribution < 1.29 is 9.59 Å². The first kappa shape index (κ1) is 10.0. The first-order valence-electron chi connectivity index (χ1n) is 4.56. The van der Waals surface area contributed by atoms with E-state index in [0.717, 1.165) is 19.1 Å². The van der Waals surface area contributed by atoms with Gasteiger partial charge in [-0.1, -0.05) is 0 Å². The maximum atomic E-state index is 11.5. The molecule has 0 radical (unpaired) electrons. The van der Waals surface area contributed by atoms with E-state index < -0.39 is 0 Å². The van der Waals surface area contributed by atoms with Crippen molar-refractivity contribution in [1.82, 2.24) is 9.80 Å². The summed E-state index contributed by atoms with van der Waals surface area (Å²) in [5.74, 6) is 0.159. The molecule has 1 rings (SSSR count). The van der Waals surface area contributed by atoms with Crippen molar-refractivity contribution in [3.8, 4) is 0 Å². The molecule has 4 nitrogen and oxygen atoms in total. The molecular weight excluding hydrogens is 168 g/mol. The summed E-state index contributed by atoms with van der Waals surface area (Å²) in [6, 6.07) is 0.0457. The monoisotopic (exact) mass is 184 g/mol. The fourth-order valence-corrected chi connectivity index (χ4v) is 1.51. The first-order chi connectivity index (χ1) is 6.15. The van der Waals surface area contributed by atoms with Crippen molar-refractivity contribution in [3.05, 3.63) is 0 Å². The lowest BCUT2D eigenvalue weighted by Crippen LogP contribution is -2.44. The van der Waals surface area contributed by atoms with E-state index in [1.54, 1.807) is 23.9 Å². The molecule has 1 aliphatic heterocycles. The molecule has 0 aliphatic carbocycles. The molecule has 13 heavy (non-hydrogen) atoms. The predicted molar refractivity (Wildman–Crippen MR) is 49.4 cm³/mol. The highest BCUT2D eigenvalue weighted by atomic mass is 16.2. The third-order valence-corrected chi connectivity index (χ3v) is 2.39. The Morgan fingerprint density at radius 2 is 1.92 bits per heavy atom. The molecule has 0 aromatic carbocycles. The van der Waals surface area contributed by atoms with Gasteiger partial charge in [-0.05, 0) is 12.8 Å². The van der Waals surface area contributed by atoms with Crippen LogP contribution in [0.3, 0.4) is 0 Å². The molecule has 74 valence electrons. The van der Waals surface area contributed by atoms with Crippen molar-refractivity contribution in [3.63, 3.8) is 0 Å². The lowest BCUT2D eigenvalue weighted by molar-refractivity contribution is -0.112. The quantitative estimate of drug-likeness (QED) is 0.559. The third-order valence-electron chi connectivity index (χ3n) is 2.39. The summed E-state index contributed by atoms with van der Waals surface area (Å²) in [4.78, 5) is 25.3. The van der Waals surface area contributed by atoms with Crippen LogP contribution >= 0.6 is 0 Å². The van der Waals surface area contributed by atoms with Gasteiger partial charge in [0, 0.05) is 33.1 Å². The number of hydrogen-bond acceptors (Lipinski definition) is 2. The zero-order valence-electron chi connectivity index (χ0n) is 8.19. The van der Waals surface area contributed by atoms with Crippen LogP contribution in [0.5, 0.6) is 0 Å². The van der Waals surface area contributed by atoms with E-state index in [1.165, 1.54) is 0 Å². The second-order valence-electron chi connectivity index (χ2n) is 3.64. The average molecular weight is 184 g/mol. The first-order valence-corrected chi connectivity index (χ1v) is 4.56. The van der Waals surface area contributed by atoms with Crippen molar-refractivity contribution >= 4 is 12.3 Å². The molecule has 1 saturated heterocycles. The van der Waals surface area contributed by atoms with Crippen LogP contribution in [0.15, 0.2) is 0 Å². The smallest absolute Gasteiger partial charge is 0.319 e. The molecule has 1 fully saturated rings. The second kappa shape index (κ2) is 4.25. The molecule has 0 unspecified atom stereocenters. The van der Waals surface area contributed by atoms with Crippen LogP contribution in [0.4, 0.5) is 4.79 Å². The lowest BCUT2D eigenvalue weighted by atomic mass is 9.99. The van der Waals surface area contributed by atoms with Gasteiger partial charge < -0.3 is 14.6 Å². The minimum atomic E-state index is 0.0457. The number of amides is 2. The van der Waals surface area contributed by atoms with Gasteiger partial charge in [-0.15, -0.1) is 0 Å². The topological polar surface area (TPSA) is 40.6 Å². The number of carbonyl (C=O) groups excluding carboxylic acids is 2. The summed E-state index contributed by atoms with van der Waals surface area (Å²) in [6.45, 7) is 1.42. The van der Waals surface area contributed by atoms with E-state index in [4.69, 9.17) is 0 Å². The van der Waals surface area contributed by atoms with E-state index >= 15 is 0 Å². The molecule has 0 bridgehead atoms. The molecule has 2 amide bonds. The molecule has 0 N–H and O–H groups in total. The standard InChI is InChI=1S/C9H16N2O2/c1-10(2)9(13)11-5-3-8(7-12)4-6-11/h7-8H,3-6H2,1-2H3. The maximum absolute atomic E-state index is 11.5. The van der Waals surface area contributed by atoms with Crippen LogP contribution < -0.4 is 0 Å². The predicted octanol–water partition coefficient (Wildman–Crippen LogP) is 0.579. The maximum Gasteiger partial charge on any atom is 0.319 e. The molecule has 0 spiro atoms. The van der Waals surface area contributed by atoms with E-state index in [2.05, 4.69) is 0 Å². The van der Waals surface area contributed by atoms with Crippen LogP contribution in [0, 0.1) is 5.92 Å². The highest BCUT2D eigenvalue weighted by molar-refractivity contribution is 5.74. The fraction of sp³-hybridized carbons (Fsp3) is 0.778. The van der Waals surface area contributed by atoms with Gasteiger partial charge in [-0.2, -0.15) is 0 Å². The molecule has 0 atom stereocenters. The van der Waals surface area contributed by atoms with Gasteiger partial charge in [0.2, 0.25) is 0 Å². The molecule has 1 heterocycles. The number of nitrogens with zero attached hydrogens (tertiary/aromatic N) is 2. The Morgan fingerprint density at radius 1 is 1.38 bits per heavy atom. The highest BCUT2D eigenvalue weighted by Crippen LogP contribution is 2.15. The number of urea groups is 1. The van der Waals surface area contributed by atoms with E-state index in [-0.39, 0.29) is 11.9 Å². The average Bonchev–Trinajstić information content (AvgIpc) is 2.17. The number of likely N-dealkylation sites (tertiary alicyclic amines) is 1. The molecule has 0 aromatic heterocycles. The number of aldehydes is 1. The SMILES string of the molecule is CN(C)C(=O)N1CCC(C=O)CC1. The van der Waals surface area contributed by atoms with Gasteiger partial charge >= 0.3 is 6.03 Å². The number of rotatable bonds is 1. The number of hydrogen-bond donors (Lipinski definition) is 0. The van der Waals surface area contributed by atoms with Crippen molar-refractivity contribution in [2.45, 2.75) is 12.8 Å². The summed E-state index contributed by atoms with van der Waals surface area (Å²) in [5.41, 5.74) is 0. The number of piperidine rings is 1. The normalized spacial score (nSPS) is 18.5.